The van der Waals surface area contributed by atoms with Crippen molar-refractivity contribution in [2.75, 3.05) is 66.1 Å². The molecule has 0 unspecified atom stereocenters. The molecule has 0 aliphatic carbocycles. The average molecular weight is 621 g/mol. The Hall–Kier alpha value is -1.21. The number of aliphatic hydroxyl groups excluding tert-OH is 4. The molecule has 4 fully saturated rings. The first-order valence-electron chi connectivity index (χ1n) is 12.3. The fourth-order valence-corrected chi connectivity index (χ4v) is 4.61. The first-order chi connectivity index (χ1) is 19.2. The fourth-order valence-electron chi connectivity index (χ4n) is 4.61. The van der Waals surface area contributed by atoms with Crippen LogP contribution in [0.25, 0.3) is 0 Å². The summed E-state index contributed by atoms with van der Waals surface area (Å²) in [5.41, 5.74) is 9.16. The summed E-state index contributed by atoms with van der Waals surface area (Å²) in [5, 5.41) is 38.7. The van der Waals surface area contributed by atoms with Crippen molar-refractivity contribution in [3.05, 3.63) is 25.3 Å². The molecule has 0 aromatic carbocycles. The lowest BCUT2D eigenvalue weighted by Gasteiger charge is -2.42. The summed E-state index contributed by atoms with van der Waals surface area (Å²) in [5.74, 6) is -3.01. The largest absolute Gasteiger partial charge is 0.394 e. The van der Waals surface area contributed by atoms with Gasteiger partial charge in [-0.2, -0.15) is 8.42 Å². The van der Waals surface area contributed by atoms with Gasteiger partial charge in [0.05, 0.1) is 52.9 Å². The summed E-state index contributed by atoms with van der Waals surface area (Å²) in [7, 11) is -4.67. The van der Waals surface area contributed by atoms with Crippen LogP contribution in [0.3, 0.4) is 0 Å². The van der Waals surface area contributed by atoms with Crippen LogP contribution in [0.1, 0.15) is 0 Å². The molecular formula is C22H40N2O16S. The maximum atomic E-state index is 9.86. The van der Waals surface area contributed by atoms with E-state index < -0.39 is 71.1 Å². The number of hydrogen-bond donors (Lipinski definition) is 8. The van der Waals surface area contributed by atoms with Gasteiger partial charge in [-0.25, -0.2) is 0 Å². The minimum Gasteiger partial charge on any atom is -0.391 e. The minimum absolute atomic E-state index is 0.00716. The van der Waals surface area contributed by atoms with E-state index in [0.717, 1.165) is 0 Å². The maximum absolute atomic E-state index is 9.86. The molecule has 4 heterocycles. The number of rotatable bonds is 10. The lowest BCUT2D eigenvalue weighted by molar-refractivity contribution is -0.306. The third-order valence-corrected chi connectivity index (χ3v) is 6.43. The predicted molar refractivity (Wildman–Crippen MR) is 135 cm³/mol. The Morgan fingerprint density at radius 2 is 1.02 bits per heavy atom. The second-order valence-corrected chi connectivity index (χ2v) is 9.99. The molecule has 0 radical (unpaired) electrons. The van der Waals surface area contributed by atoms with E-state index >= 15 is 0 Å². The Morgan fingerprint density at radius 1 is 0.732 bits per heavy atom. The summed E-state index contributed by atoms with van der Waals surface area (Å²) in [4.78, 5) is 0. The van der Waals surface area contributed by atoms with E-state index in [-0.39, 0.29) is 26.4 Å². The quantitative estimate of drug-likeness (QED) is 0.0853. The van der Waals surface area contributed by atoms with Crippen LogP contribution >= 0.6 is 0 Å². The zero-order valence-electron chi connectivity index (χ0n) is 22.3. The standard InChI is InChI=1S/2C11H19NO6.H2O4S/c2*1-2-3-15-9-8(14)6-18-11(9,12)10(7-13)16-4-5-17-10;1-5(2,3)4/h2*2,8-9,13-14H,1,3-7,12H2;(H2,1,2,3,4)/t2*8-,9+,11-;/m00./s1. The minimum atomic E-state index is -4.67. The Morgan fingerprint density at radius 3 is 1.27 bits per heavy atom. The van der Waals surface area contributed by atoms with Gasteiger partial charge in [-0.1, -0.05) is 12.2 Å². The van der Waals surface area contributed by atoms with Crippen LogP contribution in [0.4, 0.5) is 0 Å². The molecule has 0 aromatic heterocycles. The molecule has 4 aliphatic rings. The van der Waals surface area contributed by atoms with E-state index in [1.165, 1.54) is 12.2 Å². The summed E-state index contributed by atoms with van der Waals surface area (Å²) < 4.78 is 74.8. The fraction of sp³-hybridized carbons (Fsp3) is 0.818. The zero-order chi connectivity index (χ0) is 31.0. The molecule has 0 spiro atoms. The summed E-state index contributed by atoms with van der Waals surface area (Å²) in [6.07, 6.45) is -0.472. The van der Waals surface area contributed by atoms with Gasteiger partial charge in [0.2, 0.25) is 23.0 Å². The highest BCUT2D eigenvalue weighted by Gasteiger charge is 2.65. The molecule has 0 bridgehead atoms. The van der Waals surface area contributed by atoms with E-state index in [0.29, 0.717) is 26.4 Å². The number of hydrogen-bond acceptors (Lipinski definition) is 16. The van der Waals surface area contributed by atoms with E-state index in [1.54, 1.807) is 0 Å². The Labute approximate surface area is 236 Å². The lowest BCUT2D eigenvalue weighted by Crippen LogP contribution is -2.70. The van der Waals surface area contributed by atoms with Crippen molar-refractivity contribution in [2.24, 2.45) is 11.5 Å². The molecule has 0 saturated carbocycles. The third-order valence-electron chi connectivity index (χ3n) is 6.43. The van der Waals surface area contributed by atoms with Crippen molar-refractivity contribution in [1.29, 1.82) is 0 Å². The van der Waals surface area contributed by atoms with Gasteiger partial charge in [-0.15, -0.1) is 13.2 Å². The second kappa shape index (κ2) is 15.0. The Balaban J connectivity index is 0.000000247. The van der Waals surface area contributed by atoms with Gasteiger partial charge in [0, 0.05) is 0 Å². The van der Waals surface area contributed by atoms with E-state index in [1.807, 2.05) is 0 Å². The highest BCUT2D eigenvalue weighted by Crippen LogP contribution is 2.40. The first kappa shape index (κ1) is 36.0. The topological polar surface area (TPSA) is 281 Å². The number of nitrogens with two attached hydrogens (primary N) is 2. The van der Waals surface area contributed by atoms with Gasteiger partial charge < -0.3 is 58.3 Å². The normalized spacial score (nSPS) is 35.7. The second-order valence-electron chi connectivity index (χ2n) is 9.09. The SMILES string of the molecule is C=CCO[C@@H]1[C@@H](O)CO[C@]1(N)C1(CO)OCCO1.C=CCO[C@@H]1[C@@H](O)CO[C@]1(N)C1(CO)OCCO1.O=S(=O)(O)O. The van der Waals surface area contributed by atoms with Gasteiger partial charge in [-0.05, 0) is 0 Å². The Bertz CT molecular complexity index is 876. The molecule has 6 atom stereocenters. The zero-order valence-corrected chi connectivity index (χ0v) is 23.1. The van der Waals surface area contributed by atoms with Crippen molar-refractivity contribution in [3.8, 4) is 0 Å². The van der Waals surface area contributed by atoms with Crippen LogP contribution in [0.2, 0.25) is 0 Å². The van der Waals surface area contributed by atoms with Crippen molar-refractivity contribution >= 4 is 10.4 Å². The van der Waals surface area contributed by atoms with Gasteiger partial charge in [0.1, 0.15) is 37.6 Å². The van der Waals surface area contributed by atoms with Gasteiger partial charge >= 0.3 is 10.4 Å². The van der Waals surface area contributed by atoms with Crippen LogP contribution in [-0.4, -0.2) is 151 Å². The predicted octanol–water partition coefficient (Wildman–Crippen LogP) is -3.97. The third kappa shape index (κ3) is 8.04. The van der Waals surface area contributed by atoms with Crippen LogP contribution in [0.5, 0.6) is 0 Å². The number of ether oxygens (including phenoxy) is 8. The highest BCUT2D eigenvalue weighted by atomic mass is 32.3. The van der Waals surface area contributed by atoms with Gasteiger partial charge in [0.25, 0.3) is 0 Å². The van der Waals surface area contributed by atoms with E-state index in [4.69, 9.17) is 66.9 Å². The first-order valence-corrected chi connectivity index (χ1v) is 13.7. The molecule has 4 saturated heterocycles. The van der Waals surface area contributed by atoms with Gasteiger partial charge in [-0.3, -0.25) is 20.6 Å². The highest BCUT2D eigenvalue weighted by molar-refractivity contribution is 7.79. The van der Waals surface area contributed by atoms with Gasteiger partial charge in [0.15, 0.2) is 0 Å². The molecular weight excluding hydrogens is 580 g/mol. The van der Waals surface area contributed by atoms with Crippen molar-refractivity contribution < 1.29 is 75.8 Å². The maximum Gasteiger partial charge on any atom is 0.394 e. The molecule has 0 aromatic rings. The average Bonchev–Trinajstić information content (AvgIpc) is 3.71. The molecule has 19 heteroatoms. The molecule has 4 aliphatic heterocycles. The molecule has 10 N–H and O–H groups in total. The molecule has 41 heavy (non-hydrogen) atoms. The van der Waals surface area contributed by atoms with Crippen molar-refractivity contribution in [3.63, 3.8) is 0 Å². The van der Waals surface area contributed by atoms with E-state index in [9.17, 15) is 20.4 Å². The lowest BCUT2D eigenvalue weighted by atomic mass is 9.96. The monoisotopic (exact) mass is 620 g/mol. The smallest absolute Gasteiger partial charge is 0.391 e. The van der Waals surface area contributed by atoms with Crippen LogP contribution < -0.4 is 11.5 Å². The van der Waals surface area contributed by atoms with Crippen LogP contribution in [0, 0.1) is 0 Å². The number of aliphatic hydroxyl groups is 4. The Kier molecular flexibility index (Phi) is 13.2. The molecule has 18 nitrogen and oxygen atoms in total. The molecule has 0 amide bonds. The molecule has 4 rings (SSSR count). The van der Waals surface area contributed by atoms with Crippen LogP contribution in [-0.2, 0) is 48.3 Å². The van der Waals surface area contributed by atoms with Crippen molar-refractivity contribution in [2.45, 2.75) is 47.4 Å². The van der Waals surface area contributed by atoms with E-state index in [2.05, 4.69) is 13.2 Å². The molecule has 240 valence electrons. The summed E-state index contributed by atoms with van der Waals surface area (Å²) in [6, 6.07) is 0. The van der Waals surface area contributed by atoms with Crippen LogP contribution in [0.15, 0.2) is 25.3 Å². The summed E-state index contributed by atoms with van der Waals surface area (Å²) in [6.45, 7) is 7.68. The summed E-state index contributed by atoms with van der Waals surface area (Å²) >= 11 is 0. The van der Waals surface area contributed by atoms with Crippen molar-refractivity contribution in [1.82, 2.24) is 0 Å².